The molecule has 5 nitrogen and oxygen atoms in total. The Balaban J connectivity index is 1.80. The Kier molecular flexibility index (Phi) is 5.38. The number of piperidine rings is 1. The van der Waals surface area contributed by atoms with Gasteiger partial charge in [-0.1, -0.05) is 19.1 Å². The highest BCUT2D eigenvalue weighted by molar-refractivity contribution is 7.89. The Morgan fingerprint density at radius 3 is 2.50 bits per heavy atom. The van der Waals surface area contributed by atoms with Crippen LogP contribution in [0.25, 0.3) is 0 Å². The van der Waals surface area contributed by atoms with Crippen LogP contribution in [0.4, 0.5) is 10.1 Å². The first-order valence-electron chi connectivity index (χ1n) is 8.53. The zero-order chi connectivity index (χ0) is 18.7. The number of benzene rings is 2. The third-order valence-corrected chi connectivity index (χ3v) is 6.45. The van der Waals surface area contributed by atoms with E-state index < -0.39 is 21.7 Å². The molecule has 3 rings (SSSR count). The van der Waals surface area contributed by atoms with Crippen molar-refractivity contribution in [2.24, 2.45) is 5.92 Å². The second-order valence-electron chi connectivity index (χ2n) is 6.58. The van der Waals surface area contributed by atoms with E-state index in [9.17, 15) is 17.6 Å². The van der Waals surface area contributed by atoms with Crippen molar-refractivity contribution in [1.82, 2.24) is 4.31 Å². The number of anilines is 1. The third kappa shape index (κ3) is 4.11. The summed E-state index contributed by atoms with van der Waals surface area (Å²) in [6.07, 6.45) is 1.66. The van der Waals surface area contributed by atoms with Gasteiger partial charge in [0.1, 0.15) is 5.82 Å². The van der Waals surface area contributed by atoms with Crippen molar-refractivity contribution in [1.29, 1.82) is 0 Å². The van der Waals surface area contributed by atoms with Crippen molar-refractivity contribution in [3.8, 4) is 0 Å². The van der Waals surface area contributed by atoms with Gasteiger partial charge >= 0.3 is 0 Å². The van der Waals surface area contributed by atoms with E-state index in [4.69, 9.17) is 0 Å². The summed E-state index contributed by atoms with van der Waals surface area (Å²) >= 11 is 0. The van der Waals surface area contributed by atoms with Crippen molar-refractivity contribution in [3.63, 3.8) is 0 Å². The van der Waals surface area contributed by atoms with Crippen LogP contribution in [-0.2, 0) is 10.0 Å². The van der Waals surface area contributed by atoms with Crippen LogP contribution in [0.15, 0.2) is 53.4 Å². The molecule has 7 heteroatoms. The smallest absolute Gasteiger partial charge is 0.255 e. The molecule has 0 atom stereocenters. The number of nitrogens with one attached hydrogen (secondary N) is 1. The maximum atomic E-state index is 13.2. The molecule has 1 heterocycles. The molecule has 0 saturated carbocycles. The average Bonchev–Trinajstić information content (AvgIpc) is 2.62. The number of carbonyl (C=O) groups excluding carboxylic acids is 1. The van der Waals surface area contributed by atoms with Crippen molar-refractivity contribution in [2.75, 3.05) is 18.4 Å². The van der Waals surface area contributed by atoms with Gasteiger partial charge in [-0.2, -0.15) is 4.31 Å². The number of hydrogen-bond donors (Lipinski definition) is 1. The monoisotopic (exact) mass is 376 g/mol. The van der Waals surface area contributed by atoms with E-state index in [1.54, 1.807) is 12.1 Å². The molecular weight excluding hydrogens is 355 g/mol. The summed E-state index contributed by atoms with van der Waals surface area (Å²) in [4.78, 5) is 12.5. The summed E-state index contributed by atoms with van der Waals surface area (Å²) in [5.41, 5.74) is 0.522. The number of hydrogen-bond acceptors (Lipinski definition) is 3. The highest BCUT2D eigenvalue weighted by Crippen LogP contribution is 2.24. The third-order valence-electron chi connectivity index (χ3n) is 4.56. The number of sulfonamides is 1. The number of carbonyl (C=O) groups is 1. The summed E-state index contributed by atoms with van der Waals surface area (Å²) in [6.45, 7) is 3.09. The Morgan fingerprint density at radius 2 is 1.81 bits per heavy atom. The fourth-order valence-corrected chi connectivity index (χ4v) is 4.46. The molecule has 1 N–H and O–H groups in total. The minimum absolute atomic E-state index is 0.0962. The molecule has 1 saturated heterocycles. The molecule has 0 radical (unpaired) electrons. The fraction of sp³-hybridized carbons (Fsp3) is 0.316. The zero-order valence-corrected chi connectivity index (χ0v) is 15.3. The van der Waals surface area contributed by atoms with Crippen LogP contribution in [0.5, 0.6) is 0 Å². The summed E-state index contributed by atoms with van der Waals surface area (Å²) in [6, 6.07) is 11.5. The van der Waals surface area contributed by atoms with Gasteiger partial charge in [0.05, 0.1) is 4.90 Å². The topological polar surface area (TPSA) is 66.5 Å². The second-order valence-corrected chi connectivity index (χ2v) is 8.52. The zero-order valence-electron chi connectivity index (χ0n) is 14.5. The predicted molar refractivity (Wildman–Crippen MR) is 98.0 cm³/mol. The molecule has 1 aliphatic heterocycles. The van der Waals surface area contributed by atoms with E-state index in [0.717, 1.165) is 12.8 Å². The van der Waals surface area contributed by atoms with Gasteiger partial charge < -0.3 is 5.32 Å². The van der Waals surface area contributed by atoms with Gasteiger partial charge in [-0.05, 0) is 55.2 Å². The molecule has 0 spiro atoms. The van der Waals surface area contributed by atoms with E-state index in [2.05, 4.69) is 12.2 Å². The number of amides is 1. The fourth-order valence-electron chi connectivity index (χ4n) is 2.94. The molecule has 1 aliphatic rings. The second kappa shape index (κ2) is 7.55. The van der Waals surface area contributed by atoms with Crippen molar-refractivity contribution in [3.05, 3.63) is 59.9 Å². The van der Waals surface area contributed by atoms with Crippen LogP contribution in [-0.4, -0.2) is 31.7 Å². The largest absolute Gasteiger partial charge is 0.322 e. The molecule has 26 heavy (non-hydrogen) atoms. The van der Waals surface area contributed by atoms with E-state index in [1.807, 2.05) is 0 Å². The molecule has 0 unspecified atom stereocenters. The number of nitrogens with zero attached hydrogens (tertiary/aromatic N) is 1. The number of halogens is 1. The van der Waals surface area contributed by atoms with Gasteiger partial charge in [0, 0.05) is 24.3 Å². The summed E-state index contributed by atoms with van der Waals surface area (Å²) in [5, 5.41) is 2.58. The first kappa shape index (κ1) is 18.5. The number of rotatable bonds is 4. The molecular formula is C19H21FN2O3S. The van der Waals surface area contributed by atoms with E-state index in [-0.39, 0.29) is 10.5 Å². The lowest BCUT2D eigenvalue weighted by Gasteiger charge is -2.29. The van der Waals surface area contributed by atoms with Gasteiger partial charge in [-0.3, -0.25) is 4.79 Å². The predicted octanol–water partition coefficient (Wildman–Crippen LogP) is 3.50. The average molecular weight is 376 g/mol. The van der Waals surface area contributed by atoms with Crippen LogP contribution < -0.4 is 5.32 Å². The molecule has 138 valence electrons. The van der Waals surface area contributed by atoms with Gasteiger partial charge in [-0.15, -0.1) is 0 Å². The molecule has 0 aromatic heterocycles. The molecule has 2 aromatic rings. The Morgan fingerprint density at radius 1 is 1.12 bits per heavy atom. The lowest BCUT2D eigenvalue weighted by atomic mass is 10.0. The minimum Gasteiger partial charge on any atom is -0.322 e. The van der Waals surface area contributed by atoms with Crippen molar-refractivity contribution < 1.29 is 17.6 Å². The molecule has 0 aliphatic carbocycles. The van der Waals surface area contributed by atoms with Gasteiger partial charge in [-0.25, -0.2) is 12.8 Å². The van der Waals surface area contributed by atoms with E-state index in [1.165, 1.54) is 40.7 Å². The molecule has 1 fully saturated rings. The highest BCUT2D eigenvalue weighted by atomic mass is 32.2. The molecule has 0 bridgehead atoms. The lowest BCUT2D eigenvalue weighted by molar-refractivity contribution is 0.102. The van der Waals surface area contributed by atoms with E-state index >= 15 is 0 Å². The Labute approximate surface area is 152 Å². The van der Waals surface area contributed by atoms with E-state index in [0.29, 0.717) is 24.7 Å². The molecule has 1 amide bonds. The maximum Gasteiger partial charge on any atom is 0.255 e. The first-order valence-corrected chi connectivity index (χ1v) is 9.97. The summed E-state index contributed by atoms with van der Waals surface area (Å²) in [5.74, 6) is -0.428. The Bertz CT molecular complexity index is 907. The first-order chi connectivity index (χ1) is 12.4. The normalized spacial score (nSPS) is 16.4. The maximum absolute atomic E-state index is 13.2. The van der Waals surface area contributed by atoms with Crippen LogP contribution in [0.2, 0.25) is 0 Å². The lowest BCUT2D eigenvalue weighted by Crippen LogP contribution is -2.37. The summed E-state index contributed by atoms with van der Waals surface area (Å²) < 4.78 is 40.3. The van der Waals surface area contributed by atoms with Crippen molar-refractivity contribution >= 4 is 21.6 Å². The quantitative estimate of drug-likeness (QED) is 0.888. The van der Waals surface area contributed by atoms with Gasteiger partial charge in [0.2, 0.25) is 10.0 Å². The van der Waals surface area contributed by atoms with Gasteiger partial charge in [0.25, 0.3) is 5.91 Å². The standard InChI is InChI=1S/C19H21FN2O3S/c1-14-8-10-22(11-9-14)26(24,25)18-7-2-4-15(12-18)19(23)21-17-6-3-5-16(20)13-17/h2-7,12-14H,8-11H2,1H3,(H,21,23). The van der Waals surface area contributed by atoms with Crippen LogP contribution >= 0.6 is 0 Å². The minimum atomic E-state index is -3.63. The Hall–Kier alpha value is -2.25. The van der Waals surface area contributed by atoms with Crippen LogP contribution in [0.3, 0.4) is 0 Å². The summed E-state index contributed by atoms with van der Waals surface area (Å²) in [7, 11) is -3.63. The molecule has 2 aromatic carbocycles. The van der Waals surface area contributed by atoms with Crippen molar-refractivity contribution in [2.45, 2.75) is 24.7 Å². The van der Waals surface area contributed by atoms with Crippen LogP contribution in [0, 0.1) is 11.7 Å². The highest BCUT2D eigenvalue weighted by Gasteiger charge is 2.28. The van der Waals surface area contributed by atoms with Crippen LogP contribution in [0.1, 0.15) is 30.1 Å². The van der Waals surface area contributed by atoms with Gasteiger partial charge in [0.15, 0.2) is 0 Å². The SMILES string of the molecule is CC1CCN(S(=O)(=O)c2cccc(C(=O)Nc3cccc(F)c3)c2)CC1.